The van der Waals surface area contributed by atoms with Gasteiger partial charge in [-0.15, -0.1) is 0 Å². The monoisotopic (exact) mass is 343 g/mol. The third-order valence-electron chi connectivity index (χ3n) is 4.67. The lowest BCUT2D eigenvalue weighted by atomic mass is 9.96. The number of ether oxygens (including phenoxy) is 1. The average molecular weight is 343 g/mol. The van der Waals surface area contributed by atoms with E-state index in [2.05, 4.69) is 10.4 Å². The summed E-state index contributed by atoms with van der Waals surface area (Å²) < 4.78 is 6.95. The molecule has 1 aliphatic rings. The van der Waals surface area contributed by atoms with Crippen molar-refractivity contribution in [2.24, 2.45) is 0 Å². The normalized spacial score (nSPS) is 16.2. The molecule has 0 aliphatic carbocycles. The molecule has 2 N–H and O–H groups in total. The Kier molecular flexibility index (Phi) is 4.02. The molecule has 3 rings (SSSR count). The summed E-state index contributed by atoms with van der Waals surface area (Å²) in [6.07, 6.45) is 2.96. The second kappa shape index (κ2) is 5.91. The van der Waals surface area contributed by atoms with Crippen molar-refractivity contribution in [2.75, 3.05) is 11.9 Å². The first kappa shape index (κ1) is 17.0. The number of carboxylic acid groups (broad SMARTS) is 1. The van der Waals surface area contributed by atoms with Gasteiger partial charge in [-0.2, -0.15) is 5.10 Å². The third-order valence-corrected chi connectivity index (χ3v) is 4.67. The number of benzene rings is 1. The number of hydrogen-bond acceptors (Lipinski definition) is 4. The molecule has 1 aromatic carbocycles. The van der Waals surface area contributed by atoms with Gasteiger partial charge in [-0.05, 0) is 44.9 Å². The number of aromatic nitrogens is 2. The lowest BCUT2D eigenvalue weighted by Gasteiger charge is -2.19. The minimum atomic E-state index is -1.19. The number of rotatable bonds is 4. The highest BCUT2D eigenvalue weighted by atomic mass is 16.5. The fourth-order valence-corrected chi connectivity index (χ4v) is 2.71. The molecular formula is C18H21N3O4. The van der Waals surface area contributed by atoms with E-state index in [-0.39, 0.29) is 5.91 Å². The lowest BCUT2D eigenvalue weighted by Crippen LogP contribution is -2.35. The molecule has 0 bridgehead atoms. The van der Waals surface area contributed by atoms with Crippen molar-refractivity contribution in [1.29, 1.82) is 0 Å². The molecule has 0 radical (unpaired) electrons. The van der Waals surface area contributed by atoms with Crippen molar-refractivity contribution in [3.63, 3.8) is 0 Å². The van der Waals surface area contributed by atoms with Crippen LogP contribution in [0.25, 0.3) is 0 Å². The van der Waals surface area contributed by atoms with Gasteiger partial charge in [-0.3, -0.25) is 9.48 Å². The molecule has 25 heavy (non-hydrogen) atoms. The van der Waals surface area contributed by atoms with Gasteiger partial charge in [0, 0.05) is 11.8 Å². The molecule has 2 heterocycles. The third kappa shape index (κ3) is 2.97. The summed E-state index contributed by atoms with van der Waals surface area (Å²) >= 11 is 0. The Bertz CT molecular complexity index is 854. The van der Waals surface area contributed by atoms with Crippen LogP contribution in [0.15, 0.2) is 24.5 Å². The summed E-state index contributed by atoms with van der Waals surface area (Å²) in [5.74, 6) is -0.858. The number of aryl methyl sites for hydroxylation is 2. The number of aliphatic carboxylic acids is 1. The number of carbonyl (C=O) groups is 2. The van der Waals surface area contributed by atoms with Gasteiger partial charge in [0.2, 0.25) is 5.91 Å². The molecule has 0 saturated carbocycles. The lowest BCUT2D eigenvalue weighted by molar-refractivity contribution is -0.146. The zero-order chi connectivity index (χ0) is 18.4. The second-order valence-electron chi connectivity index (χ2n) is 6.86. The van der Waals surface area contributed by atoms with Crippen LogP contribution in [0.1, 0.15) is 36.5 Å². The summed E-state index contributed by atoms with van der Waals surface area (Å²) in [6.45, 7) is 7.38. The SMILES string of the molecule is Cc1cc2c(cc1C)C(C(=O)Nc1cnn(C(C)(C)C(=O)O)c1)CO2. The van der Waals surface area contributed by atoms with Crippen molar-refractivity contribution in [2.45, 2.75) is 39.2 Å². The molecule has 1 atom stereocenters. The molecule has 2 aromatic rings. The highest BCUT2D eigenvalue weighted by Gasteiger charge is 2.33. The number of hydrogen-bond donors (Lipinski definition) is 2. The molecule has 7 heteroatoms. The molecule has 7 nitrogen and oxygen atoms in total. The standard InChI is InChI=1S/C18H21N3O4/c1-10-5-13-14(9-25-15(13)6-11(10)2)16(22)20-12-7-19-21(8-12)18(3,4)17(23)24/h5-8,14H,9H2,1-4H3,(H,20,22)(H,23,24). The van der Waals surface area contributed by atoms with E-state index in [9.17, 15) is 14.7 Å². The quantitative estimate of drug-likeness (QED) is 0.889. The van der Waals surface area contributed by atoms with Crippen LogP contribution in [0.4, 0.5) is 5.69 Å². The Hall–Kier alpha value is -2.83. The summed E-state index contributed by atoms with van der Waals surface area (Å²) in [4.78, 5) is 23.9. The summed E-state index contributed by atoms with van der Waals surface area (Å²) in [5.41, 5.74) is 2.37. The molecule has 1 aromatic heterocycles. The van der Waals surface area contributed by atoms with E-state index in [1.54, 1.807) is 13.8 Å². The van der Waals surface area contributed by atoms with E-state index in [0.717, 1.165) is 22.4 Å². The van der Waals surface area contributed by atoms with Crippen LogP contribution in [-0.4, -0.2) is 33.4 Å². The van der Waals surface area contributed by atoms with Crippen LogP contribution in [0.3, 0.4) is 0 Å². The summed E-state index contributed by atoms with van der Waals surface area (Å²) in [6, 6.07) is 3.93. The molecule has 1 aliphatic heterocycles. The highest BCUT2D eigenvalue weighted by molar-refractivity contribution is 5.96. The number of nitrogens with one attached hydrogen (secondary N) is 1. The van der Waals surface area contributed by atoms with E-state index in [4.69, 9.17) is 4.74 Å². The summed E-state index contributed by atoms with van der Waals surface area (Å²) in [5, 5.41) is 16.1. The predicted molar refractivity (Wildman–Crippen MR) is 92.0 cm³/mol. The predicted octanol–water partition coefficient (Wildman–Crippen LogP) is 2.43. The first-order valence-electron chi connectivity index (χ1n) is 8.03. The Morgan fingerprint density at radius 2 is 2.00 bits per heavy atom. The zero-order valence-electron chi connectivity index (χ0n) is 14.7. The van der Waals surface area contributed by atoms with Crippen molar-refractivity contribution in [3.8, 4) is 5.75 Å². The molecular weight excluding hydrogens is 322 g/mol. The smallest absolute Gasteiger partial charge is 0.331 e. The molecule has 0 fully saturated rings. The van der Waals surface area contributed by atoms with Gasteiger partial charge >= 0.3 is 5.97 Å². The van der Waals surface area contributed by atoms with Crippen LogP contribution in [0.2, 0.25) is 0 Å². The summed E-state index contributed by atoms with van der Waals surface area (Å²) in [7, 11) is 0. The Morgan fingerprint density at radius 3 is 2.68 bits per heavy atom. The van der Waals surface area contributed by atoms with E-state index >= 15 is 0 Å². The van der Waals surface area contributed by atoms with Gasteiger partial charge in [0.1, 0.15) is 18.3 Å². The van der Waals surface area contributed by atoms with E-state index < -0.39 is 17.4 Å². The number of anilines is 1. The maximum Gasteiger partial charge on any atom is 0.331 e. The largest absolute Gasteiger partial charge is 0.492 e. The highest BCUT2D eigenvalue weighted by Crippen LogP contribution is 2.36. The van der Waals surface area contributed by atoms with Gasteiger partial charge in [0.15, 0.2) is 5.54 Å². The van der Waals surface area contributed by atoms with Gasteiger partial charge in [-0.25, -0.2) is 4.79 Å². The molecule has 0 saturated heterocycles. The van der Waals surface area contributed by atoms with Crippen LogP contribution in [0, 0.1) is 13.8 Å². The van der Waals surface area contributed by atoms with Crippen LogP contribution < -0.4 is 10.1 Å². The molecule has 1 unspecified atom stereocenters. The van der Waals surface area contributed by atoms with Gasteiger partial charge in [-0.1, -0.05) is 6.07 Å². The average Bonchev–Trinajstić information content (AvgIpc) is 3.15. The van der Waals surface area contributed by atoms with Crippen molar-refractivity contribution < 1.29 is 19.4 Å². The topological polar surface area (TPSA) is 93.5 Å². The second-order valence-corrected chi connectivity index (χ2v) is 6.86. The van der Waals surface area contributed by atoms with E-state index in [0.29, 0.717) is 12.3 Å². The van der Waals surface area contributed by atoms with Crippen LogP contribution >= 0.6 is 0 Å². The van der Waals surface area contributed by atoms with Crippen molar-refractivity contribution >= 4 is 17.6 Å². The van der Waals surface area contributed by atoms with Crippen molar-refractivity contribution in [1.82, 2.24) is 9.78 Å². The number of carbonyl (C=O) groups excluding carboxylic acids is 1. The van der Waals surface area contributed by atoms with E-state index in [1.807, 2.05) is 26.0 Å². The van der Waals surface area contributed by atoms with E-state index in [1.165, 1.54) is 17.1 Å². The molecule has 1 amide bonds. The van der Waals surface area contributed by atoms with Gasteiger partial charge in [0.05, 0.1) is 11.9 Å². The van der Waals surface area contributed by atoms with Crippen molar-refractivity contribution in [3.05, 3.63) is 41.2 Å². The van der Waals surface area contributed by atoms with Crippen LogP contribution in [0.5, 0.6) is 5.75 Å². The minimum absolute atomic E-state index is 0.199. The molecule has 0 spiro atoms. The molecule has 132 valence electrons. The van der Waals surface area contributed by atoms with Gasteiger partial charge < -0.3 is 15.2 Å². The Balaban J connectivity index is 1.78. The number of amides is 1. The minimum Gasteiger partial charge on any atom is -0.492 e. The number of carboxylic acids is 1. The van der Waals surface area contributed by atoms with Crippen LogP contribution in [-0.2, 0) is 15.1 Å². The Labute approximate surface area is 145 Å². The zero-order valence-corrected chi connectivity index (χ0v) is 14.7. The number of fused-ring (bicyclic) bond motifs is 1. The first-order valence-corrected chi connectivity index (χ1v) is 8.03. The fourth-order valence-electron chi connectivity index (χ4n) is 2.71. The van der Waals surface area contributed by atoms with Gasteiger partial charge in [0.25, 0.3) is 0 Å². The fraction of sp³-hybridized carbons (Fsp3) is 0.389. The number of nitrogens with zero attached hydrogens (tertiary/aromatic N) is 2. The maximum absolute atomic E-state index is 12.6. The first-order chi connectivity index (χ1) is 11.7. The maximum atomic E-state index is 12.6. The Morgan fingerprint density at radius 1 is 1.32 bits per heavy atom.